The van der Waals surface area contributed by atoms with Gasteiger partial charge in [-0.3, -0.25) is 4.79 Å². The van der Waals surface area contributed by atoms with Crippen molar-refractivity contribution in [2.45, 2.75) is 13.3 Å². The van der Waals surface area contributed by atoms with Crippen molar-refractivity contribution in [1.82, 2.24) is 15.1 Å². The van der Waals surface area contributed by atoms with Crippen LogP contribution in [0.15, 0.2) is 59.2 Å². The van der Waals surface area contributed by atoms with Crippen molar-refractivity contribution in [2.24, 2.45) is 0 Å². The smallest absolute Gasteiger partial charge is 0.272 e. The van der Waals surface area contributed by atoms with E-state index in [0.717, 1.165) is 10.0 Å². The lowest BCUT2D eigenvalue weighted by Crippen LogP contribution is -2.23. The maximum atomic E-state index is 12.9. The Morgan fingerprint density at radius 2 is 2.00 bits per heavy atom. The van der Waals surface area contributed by atoms with Crippen LogP contribution in [0.4, 0.5) is 4.39 Å². The van der Waals surface area contributed by atoms with Crippen LogP contribution in [-0.2, 0) is 13.3 Å². The molecule has 3 rings (SSSR count). The van der Waals surface area contributed by atoms with Gasteiger partial charge in [-0.15, -0.1) is 0 Å². The van der Waals surface area contributed by atoms with E-state index in [9.17, 15) is 9.18 Å². The van der Waals surface area contributed by atoms with Crippen LogP contribution in [0.3, 0.4) is 0 Å². The molecular weight excluding hydrogens is 425 g/mol. The van der Waals surface area contributed by atoms with Crippen molar-refractivity contribution >= 4 is 33.4 Å². The number of hydrogen-bond donors (Lipinski definition) is 1. The summed E-state index contributed by atoms with van der Waals surface area (Å²) in [5.74, 6) is -0.118. The molecule has 0 radical (unpaired) electrons. The van der Waals surface area contributed by atoms with Gasteiger partial charge in [0.1, 0.15) is 17.3 Å². The summed E-state index contributed by atoms with van der Waals surface area (Å²) in [5.41, 5.74) is 1.06. The van der Waals surface area contributed by atoms with Gasteiger partial charge in [0, 0.05) is 17.2 Å². The number of nitrogens with zero attached hydrogens (tertiary/aromatic N) is 2. The molecule has 0 atom stereocenters. The van der Waals surface area contributed by atoms with Gasteiger partial charge in [-0.1, -0.05) is 39.7 Å². The first-order valence-corrected chi connectivity index (χ1v) is 8.82. The molecular formula is C18H14BrClFN3O2. The normalized spacial score (nSPS) is 10.6. The van der Waals surface area contributed by atoms with E-state index in [4.69, 9.17) is 16.3 Å². The molecule has 8 heteroatoms. The van der Waals surface area contributed by atoms with Crippen LogP contribution in [-0.4, -0.2) is 15.7 Å². The quantitative estimate of drug-likeness (QED) is 0.620. The van der Waals surface area contributed by atoms with Gasteiger partial charge in [-0.25, -0.2) is 9.07 Å². The molecule has 1 N–H and O–H groups in total. The third-order valence-corrected chi connectivity index (χ3v) is 4.27. The van der Waals surface area contributed by atoms with Crippen molar-refractivity contribution < 1.29 is 13.9 Å². The fourth-order valence-corrected chi connectivity index (χ4v) is 2.89. The number of amides is 1. The molecule has 0 spiro atoms. The number of carbonyl (C=O) groups is 1. The fraction of sp³-hybridized carbons (Fsp3) is 0.111. The molecule has 3 aromatic rings. The molecule has 26 heavy (non-hydrogen) atoms. The van der Waals surface area contributed by atoms with Crippen LogP contribution in [0, 0.1) is 5.82 Å². The Morgan fingerprint density at radius 1 is 1.23 bits per heavy atom. The first-order valence-electron chi connectivity index (χ1n) is 7.65. The Labute approximate surface area is 162 Å². The highest BCUT2D eigenvalue weighted by Crippen LogP contribution is 2.27. The number of rotatable bonds is 6. The van der Waals surface area contributed by atoms with E-state index in [-0.39, 0.29) is 30.7 Å². The summed E-state index contributed by atoms with van der Waals surface area (Å²) in [5, 5.41) is 7.37. The molecule has 5 nitrogen and oxygen atoms in total. The third kappa shape index (κ3) is 4.83. The topological polar surface area (TPSA) is 56.2 Å². The molecule has 2 aromatic carbocycles. The number of aromatic nitrogens is 2. The molecule has 0 saturated heterocycles. The van der Waals surface area contributed by atoms with Gasteiger partial charge < -0.3 is 10.1 Å². The SMILES string of the molecule is O=C(NCc1ccc(F)cc1)c1ccn(COc2ccc(Br)cc2Cl)n1. The average Bonchev–Trinajstić information content (AvgIpc) is 3.09. The molecule has 0 fully saturated rings. The van der Waals surface area contributed by atoms with Crippen molar-refractivity contribution in [3.63, 3.8) is 0 Å². The van der Waals surface area contributed by atoms with Crippen molar-refractivity contribution in [3.8, 4) is 5.75 Å². The monoisotopic (exact) mass is 437 g/mol. The van der Waals surface area contributed by atoms with Crippen LogP contribution in [0.25, 0.3) is 0 Å². The van der Waals surface area contributed by atoms with Crippen molar-refractivity contribution in [2.75, 3.05) is 0 Å². The minimum Gasteiger partial charge on any atom is -0.470 e. The Hall–Kier alpha value is -2.38. The first kappa shape index (κ1) is 18.4. The van der Waals surface area contributed by atoms with Crippen molar-refractivity contribution in [3.05, 3.63) is 81.3 Å². The molecule has 0 aliphatic rings. The minimum atomic E-state index is -0.324. The standard InChI is InChI=1S/C18H14BrClFN3O2/c19-13-3-6-17(15(20)9-13)26-11-24-8-7-16(23-24)18(25)22-10-12-1-4-14(21)5-2-12/h1-9H,10-11H2,(H,22,25). The minimum absolute atomic E-state index is 0.118. The molecule has 0 aliphatic heterocycles. The maximum Gasteiger partial charge on any atom is 0.272 e. The van der Waals surface area contributed by atoms with Crippen LogP contribution < -0.4 is 10.1 Å². The summed E-state index contributed by atoms with van der Waals surface area (Å²) in [4.78, 5) is 12.1. The van der Waals surface area contributed by atoms with E-state index in [1.54, 1.807) is 36.5 Å². The predicted octanol–water partition coefficient (Wildman–Crippen LogP) is 4.40. The summed E-state index contributed by atoms with van der Waals surface area (Å²) in [6.07, 6.45) is 1.64. The zero-order chi connectivity index (χ0) is 18.5. The Kier molecular flexibility index (Phi) is 5.90. The Morgan fingerprint density at radius 3 is 2.73 bits per heavy atom. The highest BCUT2D eigenvalue weighted by Gasteiger charge is 2.10. The lowest BCUT2D eigenvalue weighted by Gasteiger charge is -2.08. The zero-order valence-corrected chi connectivity index (χ0v) is 15.8. The largest absolute Gasteiger partial charge is 0.470 e. The lowest BCUT2D eigenvalue weighted by atomic mass is 10.2. The molecule has 0 aliphatic carbocycles. The second kappa shape index (κ2) is 8.33. The van der Waals surface area contributed by atoms with Gasteiger partial charge in [-0.05, 0) is 42.0 Å². The summed E-state index contributed by atoms with van der Waals surface area (Å²) in [6.45, 7) is 0.406. The Bertz CT molecular complexity index is 915. The second-order valence-electron chi connectivity index (χ2n) is 5.40. The van der Waals surface area contributed by atoms with Crippen LogP contribution >= 0.6 is 27.5 Å². The zero-order valence-electron chi connectivity index (χ0n) is 13.5. The van der Waals surface area contributed by atoms with Gasteiger partial charge in [-0.2, -0.15) is 5.10 Å². The molecule has 134 valence electrons. The van der Waals surface area contributed by atoms with Gasteiger partial charge in [0.05, 0.1) is 5.02 Å². The third-order valence-electron chi connectivity index (χ3n) is 3.49. The molecule has 0 unspecified atom stereocenters. The molecule has 1 amide bonds. The van der Waals surface area contributed by atoms with Gasteiger partial charge in [0.25, 0.3) is 5.91 Å². The molecule has 1 aromatic heterocycles. The maximum absolute atomic E-state index is 12.9. The van der Waals surface area contributed by atoms with Gasteiger partial charge in [0.2, 0.25) is 0 Å². The van der Waals surface area contributed by atoms with E-state index in [1.807, 2.05) is 6.07 Å². The van der Waals surface area contributed by atoms with Crippen molar-refractivity contribution in [1.29, 1.82) is 0 Å². The van der Waals surface area contributed by atoms with Crippen LogP contribution in [0.5, 0.6) is 5.75 Å². The van der Waals surface area contributed by atoms with E-state index < -0.39 is 0 Å². The van der Waals surface area contributed by atoms with Crippen LogP contribution in [0.2, 0.25) is 5.02 Å². The van der Waals surface area contributed by atoms with E-state index in [0.29, 0.717) is 10.8 Å². The first-order chi connectivity index (χ1) is 12.5. The summed E-state index contributed by atoms with van der Waals surface area (Å²) >= 11 is 9.41. The number of nitrogens with one attached hydrogen (secondary N) is 1. The van der Waals surface area contributed by atoms with E-state index in [1.165, 1.54) is 16.8 Å². The van der Waals surface area contributed by atoms with Gasteiger partial charge in [0.15, 0.2) is 6.73 Å². The predicted molar refractivity (Wildman–Crippen MR) is 99.6 cm³/mol. The lowest BCUT2D eigenvalue weighted by molar-refractivity contribution is 0.0944. The summed E-state index contributed by atoms with van der Waals surface area (Å²) in [6, 6.07) is 12.8. The van der Waals surface area contributed by atoms with E-state index in [2.05, 4.69) is 26.3 Å². The molecule has 0 saturated carbocycles. The summed E-state index contributed by atoms with van der Waals surface area (Å²) in [7, 11) is 0. The average molecular weight is 439 g/mol. The number of halogens is 3. The number of hydrogen-bond acceptors (Lipinski definition) is 3. The Balaban J connectivity index is 1.55. The fourth-order valence-electron chi connectivity index (χ4n) is 2.16. The van der Waals surface area contributed by atoms with E-state index >= 15 is 0 Å². The highest BCUT2D eigenvalue weighted by molar-refractivity contribution is 9.10. The van der Waals surface area contributed by atoms with Gasteiger partial charge >= 0.3 is 0 Å². The second-order valence-corrected chi connectivity index (χ2v) is 6.72. The number of carbonyl (C=O) groups excluding carboxylic acids is 1. The molecule has 0 bridgehead atoms. The molecule has 1 heterocycles. The van der Waals surface area contributed by atoms with Crippen LogP contribution in [0.1, 0.15) is 16.1 Å². The number of benzene rings is 2. The summed E-state index contributed by atoms with van der Waals surface area (Å²) < 4.78 is 20.8. The number of ether oxygens (including phenoxy) is 1. The highest BCUT2D eigenvalue weighted by atomic mass is 79.9.